The van der Waals surface area contributed by atoms with Crippen molar-refractivity contribution in [2.24, 2.45) is 0 Å². The summed E-state index contributed by atoms with van der Waals surface area (Å²) in [4.78, 5) is 18.3. The Balaban J connectivity index is 0.000000214. The third-order valence-electron chi connectivity index (χ3n) is 4.47. The van der Waals surface area contributed by atoms with Crippen molar-refractivity contribution in [3.8, 4) is 11.4 Å². The average molecular weight is 547 g/mol. The van der Waals surface area contributed by atoms with Crippen molar-refractivity contribution in [1.29, 1.82) is 0 Å². The van der Waals surface area contributed by atoms with Gasteiger partial charge in [0.05, 0.1) is 42.7 Å². The third-order valence-corrected chi connectivity index (χ3v) is 4.83. The zero-order valence-corrected chi connectivity index (χ0v) is 20.0. The molecule has 0 fully saturated rings. The highest BCUT2D eigenvalue weighted by Gasteiger charge is 2.31. The van der Waals surface area contributed by atoms with Crippen molar-refractivity contribution in [3.05, 3.63) is 76.6 Å². The number of imidazole rings is 1. The molecule has 0 radical (unpaired) electrons. The Morgan fingerprint density at radius 2 is 1.67 bits per heavy atom. The van der Waals surface area contributed by atoms with Crippen LogP contribution in [0.25, 0.3) is 23.1 Å². The van der Waals surface area contributed by atoms with Gasteiger partial charge >= 0.3 is 6.18 Å². The fraction of sp³-hybridized carbons (Fsp3) is 0.227. The van der Waals surface area contributed by atoms with E-state index in [0.717, 1.165) is 41.9 Å². The van der Waals surface area contributed by atoms with Crippen molar-refractivity contribution in [2.75, 3.05) is 6.61 Å². The van der Waals surface area contributed by atoms with Crippen molar-refractivity contribution in [1.82, 2.24) is 29.3 Å². The fourth-order valence-corrected chi connectivity index (χ4v) is 3.00. The molecule has 0 spiro atoms. The second-order valence-corrected chi connectivity index (χ2v) is 7.70. The van der Waals surface area contributed by atoms with E-state index >= 15 is 0 Å². The number of pyridine rings is 1. The van der Waals surface area contributed by atoms with Crippen LogP contribution in [-0.4, -0.2) is 35.9 Å². The molecule has 0 N–H and O–H groups in total. The smallest absolute Gasteiger partial charge is 0.417 e. The minimum absolute atomic E-state index is 0.0182. The Kier molecular flexibility index (Phi) is 9.10. The molecule has 0 amide bonds. The van der Waals surface area contributed by atoms with Gasteiger partial charge in [-0.2, -0.15) is 13.2 Å². The number of hydrogen-bond donors (Lipinski definition) is 0. The molecule has 0 saturated heterocycles. The second kappa shape index (κ2) is 12.0. The van der Waals surface area contributed by atoms with E-state index in [1.807, 2.05) is 0 Å². The zero-order chi connectivity index (χ0) is 26.3. The number of unbranched alkanes of at least 4 members (excludes halogenated alkanes) is 1. The number of fused-ring (bicyclic) bond motifs is 1. The number of hydrogen-bond acceptors (Lipinski definition) is 6. The summed E-state index contributed by atoms with van der Waals surface area (Å²) < 4.78 is 71.3. The van der Waals surface area contributed by atoms with Crippen LogP contribution >= 0.6 is 23.2 Å². The highest BCUT2D eigenvalue weighted by molar-refractivity contribution is 6.28. The van der Waals surface area contributed by atoms with Gasteiger partial charge in [0, 0.05) is 12.3 Å². The summed E-state index contributed by atoms with van der Waals surface area (Å²) in [5.74, 6) is -1.33. The van der Waals surface area contributed by atoms with Crippen LogP contribution in [-0.2, 0) is 10.9 Å². The summed E-state index contributed by atoms with van der Waals surface area (Å²) in [6, 6.07) is 2.09. The molecule has 0 aromatic carbocycles. The van der Waals surface area contributed by atoms with Gasteiger partial charge in [0.2, 0.25) is 10.6 Å². The van der Waals surface area contributed by atoms with Crippen LogP contribution in [0.5, 0.6) is 0 Å². The number of ether oxygens (including phenoxy) is 1. The van der Waals surface area contributed by atoms with E-state index < -0.39 is 23.4 Å². The van der Waals surface area contributed by atoms with E-state index in [-0.39, 0.29) is 33.3 Å². The molecule has 0 aliphatic carbocycles. The molecule has 0 saturated carbocycles. The van der Waals surface area contributed by atoms with E-state index in [9.17, 15) is 22.0 Å². The molecule has 0 aliphatic heterocycles. The normalized spacial score (nSPS) is 11.6. The minimum atomic E-state index is -4.52. The van der Waals surface area contributed by atoms with Crippen molar-refractivity contribution in [2.45, 2.75) is 25.9 Å². The van der Waals surface area contributed by atoms with Crippen LogP contribution in [0.3, 0.4) is 0 Å². The van der Waals surface area contributed by atoms with E-state index in [0.29, 0.717) is 6.61 Å². The van der Waals surface area contributed by atoms with Gasteiger partial charge in [0.25, 0.3) is 0 Å². The van der Waals surface area contributed by atoms with Crippen molar-refractivity contribution >= 4 is 34.9 Å². The first kappa shape index (κ1) is 27.2. The van der Waals surface area contributed by atoms with Gasteiger partial charge in [-0.25, -0.2) is 33.7 Å². The van der Waals surface area contributed by atoms with Gasteiger partial charge in [0.1, 0.15) is 17.0 Å². The summed E-state index contributed by atoms with van der Waals surface area (Å²) in [7, 11) is 0. The van der Waals surface area contributed by atoms with Gasteiger partial charge in [0.15, 0.2) is 11.6 Å². The Morgan fingerprint density at radius 3 is 2.36 bits per heavy atom. The first-order chi connectivity index (χ1) is 17.1. The van der Waals surface area contributed by atoms with E-state index in [1.165, 1.54) is 24.6 Å². The van der Waals surface area contributed by atoms with Crippen LogP contribution in [0.2, 0.25) is 10.6 Å². The largest absolute Gasteiger partial charge is 0.501 e. The maximum atomic E-state index is 13.7. The molecule has 4 heterocycles. The lowest BCUT2D eigenvalue weighted by Gasteiger charge is -2.08. The van der Waals surface area contributed by atoms with Crippen LogP contribution in [0.1, 0.15) is 31.0 Å². The monoisotopic (exact) mass is 546 g/mol. The highest BCUT2D eigenvalue weighted by Crippen LogP contribution is 2.31. The van der Waals surface area contributed by atoms with Crippen LogP contribution in [0.4, 0.5) is 22.0 Å². The summed E-state index contributed by atoms with van der Waals surface area (Å²) in [5, 5.41) is -0.196. The molecule has 4 rings (SSSR count). The zero-order valence-electron chi connectivity index (χ0n) is 18.5. The summed E-state index contributed by atoms with van der Waals surface area (Å²) in [6.07, 6.45) is 4.27. The number of alkyl halides is 3. The Hall–Kier alpha value is -3.38. The van der Waals surface area contributed by atoms with Gasteiger partial charge in [-0.15, -0.1) is 0 Å². The lowest BCUT2D eigenvalue weighted by molar-refractivity contribution is -0.137. The molecular weight excluding hydrogens is 530 g/mol. The molecule has 4 aromatic heterocycles. The third kappa shape index (κ3) is 7.08. The summed E-state index contributed by atoms with van der Waals surface area (Å²) in [6.45, 7) is 2.68. The Labute approximate surface area is 211 Å². The van der Waals surface area contributed by atoms with Crippen molar-refractivity contribution < 1.29 is 26.7 Å². The Morgan fingerprint density at radius 1 is 0.972 bits per heavy atom. The molecule has 14 heteroatoms. The van der Waals surface area contributed by atoms with Crippen LogP contribution in [0.15, 0.2) is 43.2 Å². The Bertz CT molecular complexity index is 1360. The predicted octanol–water partition coefficient (Wildman–Crippen LogP) is 6.66. The summed E-state index contributed by atoms with van der Waals surface area (Å²) >= 11 is 11.1. The molecule has 0 unspecified atom stereocenters. The fourth-order valence-electron chi connectivity index (χ4n) is 2.73. The lowest BCUT2D eigenvalue weighted by Crippen LogP contribution is -2.06. The van der Waals surface area contributed by atoms with Gasteiger partial charge in [-0.05, 0) is 41.8 Å². The maximum absolute atomic E-state index is 13.7. The van der Waals surface area contributed by atoms with Gasteiger partial charge in [-0.1, -0.05) is 13.3 Å². The summed E-state index contributed by atoms with van der Waals surface area (Å²) in [5.41, 5.74) is -0.687. The topological polar surface area (TPSA) is 78.1 Å². The van der Waals surface area contributed by atoms with E-state index in [2.05, 4.69) is 31.8 Å². The molecule has 4 aromatic rings. The maximum Gasteiger partial charge on any atom is 0.417 e. The molecular formula is C22H17Cl2F5N6O. The molecule has 0 atom stereocenters. The SMILES string of the molecule is CCCCO/C=C/c1nc(Cl)ncc1F.Fc1cnc(Cl)nc1-c1cnc2ccc(C(F)(F)F)cn12. The van der Waals surface area contributed by atoms with E-state index in [1.54, 1.807) is 0 Å². The standard InChI is InChI=1S/C12H5ClF4N4.C10H12ClFN2O/c13-11-19-3-7(14)10(20-11)8-4-18-9-2-1-6(5-21(8)9)12(15,16)17;1-2-3-5-15-6-4-9-8(12)7-13-10(11)14-9/h1-5H;4,6-7H,2-3,5H2,1H3/b;6-4+. The average Bonchev–Trinajstić information content (AvgIpc) is 3.26. The molecule has 0 bridgehead atoms. The second-order valence-electron chi connectivity index (χ2n) is 7.02. The number of aromatic nitrogens is 6. The van der Waals surface area contributed by atoms with Gasteiger partial charge < -0.3 is 4.74 Å². The molecule has 190 valence electrons. The first-order valence-electron chi connectivity index (χ1n) is 10.3. The number of rotatable bonds is 6. The molecule has 0 aliphatic rings. The van der Waals surface area contributed by atoms with Crippen molar-refractivity contribution in [3.63, 3.8) is 0 Å². The number of nitrogens with zero attached hydrogens (tertiary/aromatic N) is 6. The highest BCUT2D eigenvalue weighted by atomic mass is 35.5. The molecule has 36 heavy (non-hydrogen) atoms. The number of halogens is 7. The quantitative estimate of drug-likeness (QED) is 0.116. The molecule has 7 nitrogen and oxygen atoms in total. The van der Waals surface area contributed by atoms with Crippen LogP contribution in [0, 0.1) is 11.6 Å². The predicted molar refractivity (Wildman–Crippen MR) is 123 cm³/mol. The minimum Gasteiger partial charge on any atom is -0.501 e. The van der Waals surface area contributed by atoms with E-state index in [4.69, 9.17) is 27.9 Å². The first-order valence-corrected chi connectivity index (χ1v) is 11.0. The van der Waals surface area contributed by atoms with Gasteiger partial charge in [-0.3, -0.25) is 4.40 Å². The van der Waals surface area contributed by atoms with Crippen LogP contribution < -0.4 is 0 Å². The lowest BCUT2D eigenvalue weighted by atomic mass is 10.2.